The van der Waals surface area contributed by atoms with E-state index in [1.54, 1.807) is 0 Å². The number of hydrogen-bond donors (Lipinski definition) is 1. The number of anilines is 2. The minimum Gasteiger partial charge on any atom is -0.379 e. The van der Waals surface area contributed by atoms with Gasteiger partial charge in [-0.2, -0.15) is 5.10 Å². The normalized spacial score (nSPS) is 16.9. The predicted octanol–water partition coefficient (Wildman–Crippen LogP) is 3.06. The van der Waals surface area contributed by atoms with E-state index in [1.807, 2.05) is 54.7 Å². The van der Waals surface area contributed by atoms with E-state index in [2.05, 4.69) is 24.3 Å². The summed E-state index contributed by atoms with van der Waals surface area (Å²) in [4.78, 5) is 15.0. The van der Waals surface area contributed by atoms with Crippen molar-refractivity contribution in [3.05, 3.63) is 41.2 Å². The Morgan fingerprint density at radius 2 is 2.04 bits per heavy atom. The molecule has 1 N–H and O–H groups in total. The van der Waals surface area contributed by atoms with Gasteiger partial charge in [0, 0.05) is 30.9 Å². The van der Waals surface area contributed by atoms with Crippen LogP contribution in [0.1, 0.15) is 30.8 Å². The van der Waals surface area contributed by atoms with Crippen LogP contribution < -0.4 is 10.2 Å². The average Bonchev–Trinajstić information content (AvgIpc) is 2.79. The van der Waals surface area contributed by atoms with Crippen LogP contribution in [0.4, 0.5) is 11.4 Å². The van der Waals surface area contributed by atoms with Gasteiger partial charge in [-0.25, -0.2) is 0 Å². The van der Waals surface area contributed by atoms with Crippen molar-refractivity contribution in [2.75, 3.05) is 16.8 Å². The molecule has 3 rings (SSSR count). The Morgan fingerprint density at radius 3 is 2.67 bits per heavy atom. The lowest BCUT2D eigenvalue weighted by molar-refractivity contribution is -0.118. The summed E-state index contributed by atoms with van der Waals surface area (Å²) >= 11 is 0. The Hall–Kier alpha value is -2.30. The van der Waals surface area contributed by atoms with E-state index < -0.39 is 0 Å². The zero-order valence-corrected chi connectivity index (χ0v) is 15.1. The molecule has 1 aliphatic heterocycles. The zero-order valence-electron chi connectivity index (χ0n) is 15.1. The summed E-state index contributed by atoms with van der Waals surface area (Å²) in [5, 5.41) is 7.99. The van der Waals surface area contributed by atoms with Gasteiger partial charge in [-0.3, -0.25) is 9.48 Å². The van der Waals surface area contributed by atoms with Crippen molar-refractivity contribution < 1.29 is 4.79 Å². The number of amides is 1. The van der Waals surface area contributed by atoms with E-state index in [-0.39, 0.29) is 11.9 Å². The van der Waals surface area contributed by atoms with Gasteiger partial charge in [0.15, 0.2) is 0 Å². The van der Waals surface area contributed by atoms with Crippen LogP contribution in [0, 0.1) is 19.8 Å². The summed E-state index contributed by atoms with van der Waals surface area (Å²) in [5.74, 6) is 0.587. The highest BCUT2D eigenvalue weighted by Gasteiger charge is 2.30. The van der Waals surface area contributed by atoms with E-state index in [0.717, 1.165) is 28.3 Å². The van der Waals surface area contributed by atoms with E-state index >= 15 is 0 Å². The number of carbonyl (C=O) groups excluding carboxylic acids is 1. The van der Waals surface area contributed by atoms with Crippen molar-refractivity contribution >= 4 is 17.3 Å². The minimum absolute atomic E-state index is 0.133. The summed E-state index contributed by atoms with van der Waals surface area (Å²) in [6.45, 7) is 9.06. The smallest absolute Gasteiger partial charge is 0.231 e. The molecule has 1 amide bonds. The van der Waals surface area contributed by atoms with Gasteiger partial charge in [0.25, 0.3) is 0 Å². The van der Waals surface area contributed by atoms with Gasteiger partial charge >= 0.3 is 0 Å². The molecule has 0 spiro atoms. The number of aromatic nitrogens is 2. The van der Waals surface area contributed by atoms with Gasteiger partial charge in [-0.15, -0.1) is 0 Å². The molecular weight excluding hydrogens is 300 g/mol. The molecule has 2 aromatic rings. The molecule has 5 nitrogen and oxygen atoms in total. The molecule has 24 heavy (non-hydrogen) atoms. The first-order valence-electron chi connectivity index (χ1n) is 8.53. The number of aryl methyl sites for hydroxylation is 2. The SMILES string of the molecule is Cc1nn(C)c(C)c1CC(=O)N1CC(C(C)C)Nc2ccccc21. The van der Waals surface area contributed by atoms with E-state index in [4.69, 9.17) is 0 Å². The Kier molecular flexibility index (Phi) is 4.35. The molecule has 1 unspecified atom stereocenters. The van der Waals surface area contributed by atoms with Crippen LogP contribution in [0.2, 0.25) is 0 Å². The molecule has 1 aliphatic rings. The topological polar surface area (TPSA) is 50.2 Å². The van der Waals surface area contributed by atoms with Crippen molar-refractivity contribution in [2.45, 2.75) is 40.2 Å². The molecule has 1 aromatic carbocycles. The van der Waals surface area contributed by atoms with Crippen molar-refractivity contribution in [3.63, 3.8) is 0 Å². The van der Waals surface area contributed by atoms with Crippen LogP contribution in [-0.4, -0.2) is 28.3 Å². The zero-order chi connectivity index (χ0) is 17.4. The molecule has 0 aliphatic carbocycles. The Bertz CT molecular complexity index is 763. The van der Waals surface area contributed by atoms with Crippen LogP contribution in [0.15, 0.2) is 24.3 Å². The molecule has 1 aromatic heterocycles. The quantitative estimate of drug-likeness (QED) is 0.943. The molecule has 128 valence electrons. The van der Waals surface area contributed by atoms with Gasteiger partial charge < -0.3 is 10.2 Å². The molecule has 0 fully saturated rings. The maximum Gasteiger partial charge on any atom is 0.231 e. The van der Waals surface area contributed by atoms with Crippen molar-refractivity contribution in [3.8, 4) is 0 Å². The molecular formula is C19H26N4O. The summed E-state index contributed by atoms with van der Waals surface area (Å²) in [6, 6.07) is 8.31. The standard InChI is InChI=1S/C19H26N4O/c1-12(2)17-11-23(18-9-7-6-8-16(18)20-17)19(24)10-15-13(3)21-22(5)14(15)4/h6-9,12,17,20H,10-11H2,1-5H3. The van der Waals surface area contributed by atoms with Crippen molar-refractivity contribution in [1.82, 2.24) is 9.78 Å². The third kappa shape index (κ3) is 2.90. The second-order valence-electron chi connectivity index (χ2n) is 6.97. The molecule has 2 heterocycles. The van der Waals surface area contributed by atoms with Crippen molar-refractivity contribution in [1.29, 1.82) is 0 Å². The summed E-state index contributed by atoms with van der Waals surface area (Å²) < 4.78 is 1.85. The fourth-order valence-electron chi connectivity index (χ4n) is 3.31. The number of benzene rings is 1. The third-order valence-electron chi connectivity index (χ3n) is 5.01. The van der Waals surface area contributed by atoms with E-state index in [1.165, 1.54) is 0 Å². The number of nitrogens with one attached hydrogen (secondary N) is 1. The Balaban J connectivity index is 1.91. The fourth-order valence-corrected chi connectivity index (χ4v) is 3.31. The largest absolute Gasteiger partial charge is 0.379 e. The Labute approximate surface area is 143 Å². The average molecular weight is 326 g/mol. The highest BCUT2D eigenvalue weighted by atomic mass is 16.2. The minimum atomic E-state index is 0.133. The van der Waals surface area contributed by atoms with Gasteiger partial charge in [-0.1, -0.05) is 26.0 Å². The first-order valence-corrected chi connectivity index (χ1v) is 8.53. The summed E-state index contributed by atoms with van der Waals surface area (Å²) in [7, 11) is 1.92. The fraction of sp³-hybridized carbons (Fsp3) is 0.474. The van der Waals surface area contributed by atoms with Gasteiger partial charge in [0.2, 0.25) is 5.91 Å². The predicted molar refractivity (Wildman–Crippen MR) is 97.4 cm³/mol. The molecule has 0 saturated heterocycles. The maximum atomic E-state index is 13.1. The number of rotatable bonds is 3. The number of hydrogen-bond acceptors (Lipinski definition) is 3. The second kappa shape index (κ2) is 6.30. The van der Waals surface area contributed by atoms with E-state index in [0.29, 0.717) is 18.9 Å². The maximum absolute atomic E-state index is 13.1. The first kappa shape index (κ1) is 16.6. The molecule has 1 atom stereocenters. The first-order chi connectivity index (χ1) is 11.4. The van der Waals surface area contributed by atoms with Crippen molar-refractivity contribution in [2.24, 2.45) is 13.0 Å². The highest BCUT2D eigenvalue weighted by Crippen LogP contribution is 2.33. The number of carbonyl (C=O) groups is 1. The number of para-hydroxylation sites is 2. The summed E-state index contributed by atoms with van der Waals surface area (Å²) in [5.41, 5.74) is 5.05. The molecule has 0 saturated carbocycles. The lowest BCUT2D eigenvalue weighted by Crippen LogP contribution is -2.47. The summed E-state index contributed by atoms with van der Waals surface area (Å²) in [6.07, 6.45) is 0.394. The lowest BCUT2D eigenvalue weighted by Gasteiger charge is -2.37. The second-order valence-corrected chi connectivity index (χ2v) is 6.97. The van der Waals surface area contributed by atoms with Crippen LogP contribution >= 0.6 is 0 Å². The van der Waals surface area contributed by atoms with Crippen LogP contribution in [0.3, 0.4) is 0 Å². The van der Waals surface area contributed by atoms with Crippen LogP contribution in [0.5, 0.6) is 0 Å². The molecule has 0 radical (unpaired) electrons. The molecule has 0 bridgehead atoms. The van der Waals surface area contributed by atoms with Gasteiger partial charge in [0.05, 0.1) is 23.5 Å². The highest BCUT2D eigenvalue weighted by molar-refractivity contribution is 5.99. The monoisotopic (exact) mass is 326 g/mol. The lowest BCUT2D eigenvalue weighted by atomic mass is 9.99. The molecule has 5 heteroatoms. The number of fused-ring (bicyclic) bond motifs is 1. The third-order valence-corrected chi connectivity index (χ3v) is 5.01. The van der Waals surface area contributed by atoms with Gasteiger partial charge in [0.1, 0.15) is 0 Å². The Morgan fingerprint density at radius 1 is 1.33 bits per heavy atom. The van der Waals surface area contributed by atoms with Gasteiger partial charge in [-0.05, 0) is 31.9 Å². The van der Waals surface area contributed by atoms with Crippen LogP contribution in [0.25, 0.3) is 0 Å². The van der Waals surface area contributed by atoms with Crippen LogP contribution in [-0.2, 0) is 18.3 Å². The number of nitrogens with zero attached hydrogens (tertiary/aromatic N) is 3. The van der Waals surface area contributed by atoms with E-state index in [9.17, 15) is 4.79 Å².